The van der Waals surface area contributed by atoms with E-state index in [-0.39, 0.29) is 17.8 Å². The fraction of sp³-hybridized carbons (Fsp3) is 0.0833. The maximum atomic E-state index is 11.7. The molecule has 0 aliphatic heterocycles. The first-order chi connectivity index (χ1) is 9.63. The molecule has 2 heterocycles. The predicted molar refractivity (Wildman–Crippen MR) is 73.5 cm³/mol. The number of hydrogen-bond donors (Lipinski definition) is 1. The normalized spacial score (nSPS) is 10.8. The van der Waals surface area contributed by atoms with E-state index in [1.54, 1.807) is 0 Å². The number of aromatic nitrogens is 4. The SMILES string of the molecule is NC(=O)c1ccc(=O)n(Cc2ccc3nsnc3c2)n1. The average Bonchev–Trinajstić information content (AvgIpc) is 2.88. The van der Waals surface area contributed by atoms with E-state index in [0.29, 0.717) is 0 Å². The Hall–Kier alpha value is -2.61. The Bertz CT molecular complexity index is 854. The van der Waals surface area contributed by atoms with E-state index in [9.17, 15) is 9.59 Å². The van der Waals surface area contributed by atoms with Crippen molar-refractivity contribution < 1.29 is 4.79 Å². The standard InChI is InChI=1S/C12H9N5O2S/c13-12(19)9-3-4-11(18)17(14-9)6-7-1-2-8-10(5-7)16-20-15-8/h1-5H,6H2,(H2,13,19). The molecule has 0 saturated carbocycles. The lowest BCUT2D eigenvalue weighted by Crippen LogP contribution is -2.26. The minimum absolute atomic E-state index is 0.0565. The molecule has 0 aliphatic carbocycles. The molecule has 2 N–H and O–H groups in total. The van der Waals surface area contributed by atoms with Crippen LogP contribution < -0.4 is 11.3 Å². The first-order valence-corrected chi connectivity index (χ1v) is 6.46. The van der Waals surface area contributed by atoms with Gasteiger partial charge in [-0.05, 0) is 23.8 Å². The van der Waals surface area contributed by atoms with Crippen LogP contribution in [-0.4, -0.2) is 24.4 Å². The highest BCUT2D eigenvalue weighted by Gasteiger charge is 2.07. The molecule has 8 heteroatoms. The van der Waals surface area contributed by atoms with Crippen molar-refractivity contribution in [1.29, 1.82) is 0 Å². The molecular weight excluding hydrogens is 278 g/mol. The molecule has 2 aromatic heterocycles. The molecule has 0 saturated heterocycles. The summed E-state index contributed by atoms with van der Waals surface area (Å²) in [5.74, 6) is -0.669. The Morgan fingerprint density at radius 2 is 2.00 bits per heavy atom. The first kappa shape index (κ1) is 12.4. The molecule has 0 aliphatic rings. The van der Waals surface area contributed by atoms with E-state index in [1.165, 1.54) is 16.8 Å². The second kappa shape index (κ2) is 4.82. The van der Waals surface area contributed by atoms with Gasteiger partial charge in [0.1, 0.15) is 16.7 Å². The third-order valence-electron chi connectivity index (χ3n) is 2.77. The molecule has 0 unspecified atom stereocenters. The number of nitrogens with zero attached hydrogens (tertiary/aromatic N) is 4. The van der Waals surface area contributed by atoms with Gasteiger partial charge in [-0.1, -0.05) is 6.07 Å². The fourth-order valence-electron chi connectivity index (χ4n) is 1.79. The topological polar surface area (TPSA) is 104 Å². The summed E-state index contributed by atoms with van der Waals surface area (Å²) in [7, 11) is 0. The van der Waals surface area contributed by atoms with Crippen LogP contribution in [-0.2, 0) is 6.54 Å². The van der Waals surface area contributed by atoms with Crippen molar-refractivity contribution in [3.05, 3.63) is 51.9 Å². The summed E-state index contributed by atoms with van der Waals surface area (Å²) in [5, 5.41) is 3.93. The Kier molecular flexibility index (Phi) is 2.99. The summed E-state index contributed by atoms with van der Waals surface area (Å²) >= 11 is 1.13. The van der Waals surface area contributed by atoms with Crippen molar-refractivity contribution in [2.75, 3.05) is 0 Å². The van der Waals surface area contributed by atoms with Crippen LogP contribution in [0.4, 0.5) is 0 Å². The van der Waals surface area contributed by atoms with Gasteiger partial charge in [-0.2, -0.15) is 13.8 Å². The first-order valence-electron chi connectivity index (χ1n) is 5.72. The summed E-state index contributed by atoms with van der Waals surface area (Å²) in [6.07, 6.45) is 0. The third-order valence-corrected chi connectivity index (χ3v) is 3.33. The van der Waals surface area contributed by atoms with Crippen molar-refractivity contribution in [2.24, 2.45) is 5.73 Å². The largest absolute Gasteiger partial charge is 0.364 e. The Labute approximate surface area is 117 Å². The third kappa shape index (κ3) is 2.28. The Balaban J connectivity index is 1.99. The van der Waals surface area contributed by atoms with E-state index < -0.39 is 5.91 Å². The second-order valence-electron chi connectivity index (χ2n) is 4.17. The summed E-state index contributed by atoms with van der Waals surface area (Å²) in [6.45, 7) is 0.243. The smallest absolute Gasteiger partial charge is 0.269 e. The maximum Gasteiger partial charge on any atom is 0.269 e. The van der Waals surface area contributed by atoms with E-state index in [0.717, 1.165) is 28.3 Å². The molecule has 1 amide bonds. The van der Waals surface area contributed by atoms with Crippen LogP contribution in [0.15, 0.2) is 35.1 Å². The van der Waals surface area contributed by atoms with Crippen LogP contribution in [0.25, 0.3) is 11.0 Å². The van der Waals surface area contributed by atoms with Gasteiger partial charge in [-0.25, -0.2) is 4.68 Å². The number of carbonyl (C=O) groups is 1. The highest BCUT2D eigenvalue weighted by Crippen LogP contribution is 2.13. The monoisotopic (exact) mass is 287 g/mol. The zero-order chi connectivity index (χ0) is 14.1. The predicted octanol–water partition coefficient (Wildman–Crippen LogP) is 0.395. The summed E-state index contributed by atoms with van der Waals surface area (Å²) in [4.78, 5) is 22.8. The van der Waals surface area contributed by atoms with Crippen LogP contribution in [0.3, 0.4) is 0 Å². The quantitative estimate of drug-likeness (QED) is 0.750. The zero-order valence-electron chi connectivity index (χ0n) is 10.2. The van der Waals surface area contributed by atoms with E-state index in [4.69, 9.17) is 5.73 Å². The minimum Gasteiger partial charge on any atom is -0.364 e. The number of primary amides is 1. The molecule has 0 bridgehead atoms. The van der Waals surface area contributed by atoms with Crippen molar-refractivity contribution in [3.8, 4) is 0 Å². The molecular formula is C12H9N5O2S. The van der Waals surface area contributed by atoms with Crippen LogP contribution in [0.1, 0.15) is 16.1 Å². The van der Waals surface area contributed by atoms with Crippen molar-refractivity contribution in [1.82, 2.24) is 18.5 Å². The number of rotatable bonds is 3. The van der Waals surface area contributed by atoms with Crippen LogP contribution >= 0.6 is 11.7 Å². The molecule has 7 nitrogen and oxygen atoms in total. The number of nitrogens with two attached hydrogens (primary N) is 1. The molecule has 0 fully saturated rings. The molecule has 0 spiro atoms. The highest BCUT2D eigenvalue weighted by molar-refractivity contribution is 7.00. The summed E-state index contributed by atoms with van der Waals surface area (Å²) in [5.41, 5.74) is 7.34. The highest BCUT2D eigenvalue weighted by atomic mass is 32.1. The van der Waals surface area contributed by atoms with Crippen molar-refractivity contribution in [2.45, 2.75) is 6.54 Å². The lowest BCUT2D eigenvalue weighted by atomic mass is 10.2. The maximum absolute atomic E-state index is 11.7. The molecule has 3 aromatic rings. The lowest BCUT2D eigenvalue weighted by Gasteiger charge is -2.05. The van der Waals surface area contributed by atoms with Gasteiger partial charge in [-0.3, -0.25) is 9.59 Å². The molecule has 20 heavy (non-hydrogen) atoms. The van der Waals surface area contributed by atoms with Gasteiger partial charge < -0.3 is 5.73 Å². The molecule has 0 radical (unpaired) electrons. The number of carbonyl (C=O) groups excluding carboxylic acids is 1. The number of benzene rings is 1. The Morgan fingerprint density at radius 3 is 2.80 bits per heavy atom. The van der Waals surface area contributed by atoms with E-state index in [1.807, 2.05) is 18.2 Å². The van der Waals surface area contributed by atoms with E-state index >= 15 is 0 Å². The molecule has 100 valence electrons. The van der Waals surface area contributed by atoms with Crippen LogP contribution in [0.2, 0.25) is 0 Å². The van der Waals surface area contributed by atoms with Gasteiger partial charge in [0.25, 0.3) is 11.5 Å². The van der Waals surface area contributed by atoms with Gasteiger partial charge in [0.05, 0.1) is 18.3 Å². The van der Waals surface area contributed by atoms with Gasteiger partial charge in [0.15, 0.2) is 0 Å². The summed E-state index contributed by atoms with van der Waals surface area (Å²) < 4.78 is 9.44. The number of fused-ring (bicyclic) bond motifs is 1. The zero-order valence-corrected chi connectivity index (χ0v) is 11.0. The molecule has 3 rings (SSSR count). The van der Waals surface area contributed by atoms with Gasteiger partial charge in [-0.15, -0.1) is 0 Å². The molecule has 0 atom stereocenters. The summed E-state index contributed by atoms with van der Waals surface area (Å²) in [6, 6.07) is 8.10. The van der Waals surface area contributed by atoms with Crippen molar-refractivity contribution in [3.63, 3.8) is 0 Å². The van der Waals surface area contributed by atoms with Gasteiger partial charge >= 0.3 is 0 Å². The molecule has 1 aromatic carbocycles. The fourth-order valence-corrected chi connectivity index (χ4v) is 2.31. The van der Waals surface area contributed by atoms with Gasteiger partial charge in [0.2, 0.25) is 0 Å². The van der Waals surface area contributed by atoms with Gasteiger partial charge in [0, 0.05) is 6.07 Å². The Morgan fingerprint density at radius 1 is 1.20 bits per heavy atom. The second-order valence-corrected chi connectivity index (χ2v) is 4.69. The van der Waals surface area contributed by atoms with Crippen LogP contribution in [0.5, 0.6) is 0 Å². The van der Waals surface area contributed by atoms with Crippen molar-refractivity contribution >= 4 is 28.7 Å². The lowest BCUT2D eigenvalue weighted by molar-refractivity contribution is 0.0993. The minimum atomic E-state index is -0.669. The average molecular weight is 287 g/mol. The number of hydrogen-bond acceptors (Lipinski definition) is 6. The van der Waals surface area contributed by atoms with Crippen LogP contribution in [0, 0.1) is 0 Å². The van der Waals surface area contributed by atoms with E-state index in [2.05, 4.69) is 13.8 Å². The number of amides is 1.